The molecule has 106 valence electrons. The van der Waals surface area contributed by atoms with Gasteiger partial charge in [-0.2, -0.15) is 0 Å². The van der Waals surface area contributed by atoms with Crippen LogP contribution in [0.3, 0.4) is 0 Å². The number of benzene rings is 1. The molecule has 0 atom stereocenters. The molecule has 1 amide bonds. The number of amides is 1. The molecule has 2 aromatic rings. The Kier molecular flexibility index (Phi) is 4.24. The summed E-state index contributed by atoms with van der Waals surface area (Å²) in [5, 5.41) is 2.67. The van der Waals surface area contributed by atoms with Crippen LogP contribution in [0.25, 0.3) is 0 Å². The van der Waals surface area contributed by atoms with E-state index in [-0.39, 0.29) is 19.1 Å². The Labute approximate surface area is 116 Å². The first-order valence-electron chi connectivity index (χ1n) is 6.22. The van der Waals surface area contributed by atoms with Gasteiger partial charge in [0.25, 0.3) is 5.91 Å². The van der Waals surface area contributed by atoms with Gasteiger partial charge in [0, 0.05) is 11.8 Å². The van der Waals surface area contributed by atoms with E-state index in [0.29, 0.717) is 17.3 Å². The molecule has 1 aromatic carbocycles. The number of nitrogens with two attached hydrogens (primary N) is 1. The molecule has 2 rings (SSSR count). The molecular weight excluding hydrogens is 258 g/mol. The summed E-state index contributed by atoms with van der Waals surface area (Å²) in [6.07, 6.45) is 0. The van der Waals surface area contributed by atoms with Crippen molar-refractivity contribution in [1.82, 2.24) is 10.3 Å². The fraction of sp³-hybridized carbons (Fsp3) is 0.286. The van der Waals surface area contributed by atoms with Crippen LogP contribution in [-0.2, 0) is 11.3 Å². The quantitative estimate of drug-likeness (QED) is 0.808. The molecule has 0 saturated carbocycles. The minimum Gasteiger partial charge on any atom is -0.484 e. The number of oxazole rings is 1. The number of aryl methyl sites for hydroxylation is 2. The Balaban J connectivity index is 1.78. The van der Waals surface area contributed by atoms with E-state index in [1.807, 2.05) is 13.8 Å². The normalized spacial score (nSPS) is 10.3. The largest absolute Gasteiger partial charge is 0.484 e. The lowest BCUT2D eigenvalue weighted by molar-refractivity contribution is -0.123. The summed E-state index contributed by atoms with van der Waals surface area (Å²) in [6.45, 7) is 3.85. The van der Waals surface area contributed by atoms with Crippen LogP contribution in [0.15, 0.2) is 28.7 Å². The van der Waals surface area contributed by atoms with Gasteiger partial charge < -0.3 is 20.2 Å². The van der Waals surface area contributed by atoms with Crippen LogP contribution < -0.4 is 15.8 Å². The zero-order valence-electron chi connectivity index (χ0n) is 11.5. The second kappa shape index (κ2) is 6.10. The summed E-state index contributed by atoms with van der Waals surface area (Å²) in [7, 11) is 0. The third-order valence-electron chi connectivity index (χ3n) is 2.74. The second-order valence-corrected chi connectivity index (χ2v) is 4.39. The number of carbonyl (C=O) groups excluding carboxylic acids is 1. The zero-order chi connectivity index (χ0) is 14.5. The summed E-state index contributed by atoms with van der Waals surface area (Å²) in [5.41, 5.74) is 7.03. The van der Waals surface area contributed by atoms with E-state index in [1.165, 1.54) is 0 Å². The third kappa shape index (κ3) is 3.74. The first-order valence-corrected chi connectivity index (χ1v) is 6.22. The van der Waals surface area contributed by atoms with Crippen molar-refractivity contribution in [3.8, 4) is 5.75 Å². The van der Waals surface area contributed by atoms with Gasteiger partial charge in [-0.25, -0.2) is 4.98 Å². The Morgan fingerprint density at radius 2 is 2.25 bits per heavy atom. The molecule has 0 fully saturated rings. The molecule has 0 spiro atoms. The van der Waals surface area contributed by atoms with Crippen molar-refractivity contribution < 1.29 is 13.9 Å². The zero-order valence-corrected chi connectivity index (χ0v) is 11.5. The molecule has 1 aromatic heterocycles. The molecule has 0 radical (unpaired) electrons. The molecule has 0 aliphatic heterocycles. The predicted molar refractivity (Wildman–Crippen MR) is 74.2 cm³/mol. The van der Waals surface area contributed by atoms with E-state index in [4.69, 9.17) is 14.9 Å². The molecule has 0 unspecified atom stereocenters. The van der Waals surface area contributed by atoms with Gasteiger partial charge in [0.2, 0.25) is 5.89 Å². The Hall–Kier alpha value is -2.50. The molecule has 1 heterocycles. The first-order chi connectivity index (χ1) is 9.54. The SMILES string of the molecule is Cc1nc(CNC(=O)COc2cccc(N)c2)oc1C. The number of aromatic nitrogens is 1. The van der Waals surface area contributed by atoms with Crippen LogP contribution in [0.4, 0.5) is 5.69 Å². The van der Waals surface area contributed by atoms with E-state index in [2.05, 4.69) is 10.3 Å². The van der Waals surface area contributed by atoms with E-state index in [9.17, 15) is 4.79 Å². The maximum absolute atomic E-state index is 11.6. The summed E-state index contributed by atoms with van der Waals surface area (Å²) >= 11 is 0. The van der Waals surface area contributed by atoms with E-state index < -0.39 is 0 Å². The number of nitrogens with one attached hydrogen (secondary N) is 1. The van der Waals surface area contributed by atoms with Crippen LogP contribution in [0, 0.1) is 13.8 Å². The maximum atomic E-state index is 11.6. The van der Waals surface area contributed by atoms with E-state index >= 15 is 0 Å². The number of hydrogen-bond donors (Lipinski definition) is 2. The lowest BCUT2D eigenvalue weighted by Crippen LogP contribution is -2.28. The number of ether oxygens (including phenoxy) is 1. The topological polar surface area (TPSA) is 90.4 Å². The van der Waals surface area contributed by atoms with Crippen molar-refractivity contribution >= 4 is 11.6 Å². The number of carbonyl (C=O) groups is 1. The molecule has 20 heavy (non-hydrogen) atoms. The summed E-state index contributed by atoms with van der Waals surface area (Å²) < 4.78 is 10.7. The van der Waals surface area contributed by atoms with Gasteiger partial charge in [0.05, 0.1) is 12.2 Å². The highest BCUT2D eigenvalue weighted by Gasteiger charge is 2.08. The van der Waals surface area contributed by atoms with E-state index in [1.54, 1.807) is 24.3 Å². The summed E-state index contributed by atoms with van der Waals surface area (Å²) in [6, 6.07) is 6.92. The lowest BCUT2D eigenvalue weighted by atomic mass is 10.3. The van der Waals surface area contributed by atoms with E-state index in [0.717, 1.165) is 11.5 Å². The lowest BCUT2D eigenvalue weighted by Gasteiger charge is -2.06. The van der Waals surface area contributed by atoms with Gasteiger partial charge in [-0.3, -0.25) is 4.79 Å². The molecule has 0 aliphatic rings. The Morgan fingerprint density at radius 3 is 2.90 bits per heavy atom. The number of anilines is 1. The fourth-order valence-electron chi connectivity index (χ4n) is 1.59. The van der Waals surface area contributed by atoms with Crippen LogP contribution in [-0.4, -0.2) is 17.5 Å². The highest BCUT2D eigenvalue weighted by atomic mass is 16.5. The van der Waals surface area contributed by atoms with Crippen molar-refractivity contribution in [1.29, 1.82) is 0 Å². The standard InChI is InChI=1S/C14H17N3O3/c1-9-10(2)20-14(17-9)7-16-13(18)8-19-12-5-3-4-11(15)6-12/h3-6H,7-8,15H2,1-2H3,(H,16,18). The number of nitrogen functional groups attached to an aromatic ring is 1. The Morgan fingerprint density at radius 1 is 1.45 bits per heavy atom. The van der Waals surface area contributed by atoms with Crippen LogP contribution >= 0.6 is 0 Å². The first kappa shape index (κ1) is 13.9. The van der Waals surface area contributed by atoms with Crippen LogP contribution in [0.5, 0.6) is 5.75 Å². The van der Waals surface area contributed by atoms with Gasteiger partial charge in [-0.05, 0) is 26.0 Å². The van der Waals surface area contributed by atoms with Gasteiger partial charge in [0.1, 0.15) is 11.5 Å². The molecule has 6 nitrogen and oxygen atoms in total. The fourth-order valence-corrected chi connectivity index (χ4v) is 1.59. The van der Waals surface area contributed by atoms with Crippen molar-refractivity contribution in [2.24, 2.45) is 0 Å². The maximum Gasteiger partial charge on any atom is 0.258 e. The molecule has 0 aliphatic carbocycles. The molecule has 6 heteroatoms. The van der Waals surface area contributed by atoms with Gasteiger partial charge >= 0.3 is 0 Å². The van der Waals surface area contributed by atoms with Crippen molar-refractivity contribution in [2.45, 2.75) is 20.4 Å². The Bertz CT molecular complexity index is 588. The average Bonchev–Trinajstić information content (AvgIpc) is 2.73. The minimum atomic E-state index is -0.249. The minimum absolute atomic E-state index is 0.0812. The van der Waals surface area contributed by atoms with Crippen molar-refractivity contribution in [3.63, 3.8) is 0 Å². The molecule has 3 N–H and O–H groups in total. The molecular formula is C14H17N3O3. The summed E-state index contributed by atoms with van der Waals surface area (Å²) in [5.74, 6) is 1.55. The smallest absolute Gasteiger partial charge is 0.258 e. The monoisotopic (exact) mass is 275 g/mol. The van der Waals surface area contributed by atoms with Crippen LogP contribution in [0.1, 0.15) is 17.3 Å². The predicted octanol–water partition coefficient (Wildman–Crippen LogP) is 1.57. The number of hydrogen-bond acceptors (Lipinski definition) is 5. The second-order valence-electron chi connectivity index (χ2n) is 4.39. The van der Waals surface area contributed by atoms with Gasteiger partial charge in [0.15, 0.2) is 6.61 Å². The van der Waals surface area contributed by atoms with Gasteiger partial charge in [-0.15, -0.1) is 0 Å². The van der Waals surface area contributed by atoms with Crippen molar-refractivity contribution in [3.05, 3.63) is 41.6 Å². The average molecular weight is 275 g/mol. The summed E-state index contributed by atoms with van der Waals surface area (Å²) in [4.78, 5) is 15.8. The van der Waals surface area contributed by atoms with Gasteiger partial charge in [-0.1, -0.05) is 6.07 Å². The molecule has 0 bridgehead atoms. The highest BCUT2D eigenvalue weighted by Crippen LogP contribution is 2.14. The molecule has 0 saturated heterocycles. The number of rotatable bonds is 5. The van der Waals surface area contributed by atoms with Crippen LogP contribution in [0.2, 0.25) is 0 Å². The third-order valence-corrected chi connectivity index (χ3v) is 2.74. The highest BCUT2D eigenvalue weighted by molar-refractivity contribution is 5.77. The number of nitrogens with zero attached hydrogens (tertiary/aromatic N) is 1. The van der Waals surface area contributed by atoms with Crippen molar-refractivity contribution in [2.75, 3.05) is 12.3 Å².